The van der Waals surface area contributed by atoms with Crippen molar-refractivity contribution in [1.82, 2.24) is 4.98 Å². The number of aryl methyl sites for hydroxylation is 4. The van der Waals surface area contributed by atoms with E-state index >= 15 is 0 Å². The Morgan fingerprint density at radius 2 is 1.79 bits per heavy atom. The van der Waals surface area contributed by atoms with Crippen molar-refractivity contribution in [3.8, 4) is 6.07 Å². The largest absolute Gasteiger partial charge is 0.257 e. The Bertz CT molecular complexity index is 669. The molecule has 2 rings (SSSR count). The summed E-state index contributed by atoms with van der Waals surface area (Å²) in [5.74, 6) is 0. The minimum atomic E-state index is 0.677. The van der Waals surface area contributed by atoms with Crippen LogP contribution in [0, 0.1) is 39.0 Å². The fraction of sp³-hybridized carbons (Fsp3) is 0.250. The minimum absolute atomic E-state index is 0.677. The first-order valence-electron chi connectivity index (χ1n) is 6.14. The van der Waals surface area contributed by atoms with Gasteiger partial charge in [0.1, 0.15) is 6.07 Å². The van der Waals surface area contributed by atoms with Crippen LogP contribution in [0.1, 0.15) is 28.1 Å². The zero-order valence-corrected chi connectivity index (χ0v) is 12.4. The summed E-state index contributed by atoms with van der Waals surface area (Å²) in [5.41, 5.74) is 4.89. The fourth-order valence-electron chi connectivity index (χ4n) is 1.95. The van der Waals surface area contributed by atoms with Crippen molar-refractivity contribution in [2.75, 3.05) is 0 Å². The average Bonchev–Trinajstić information content (AvgIpc) is 2.33. The maximum atomic E-state index is 9.29. The van der Waals surface area contributed by atoms with Crippen LogP contribution in [0.25, 0.3) is 0 Å². The van der Waals surface area contributed by atoms with Crippen LogP contribution in [0.15, 0.2) is 34.1 Å². The molecule has 0 aliphatic heterocycles. The van der Waals surface area contributed by atoms with Gasteiger partial charge in [-0.05, 0) is 51.0 Å². The third kappa shape index (κ3) is 2.97. The maximum Gasteiger partial charge on any atom is 0.102 e. The van der Waals surface area contributed by atoms with Crippen molar-refractivity contribution in [1.29, 1.82) is 5.26 Å². The SMILES string of the molecule is Cc1ccc(C)c(Sc2cc(C)nc(C)c2C#N)c1. The zero-order chi connectivity index (χ0) is 14.0. The highest BCUT2D eigenvalue weighted by molar-refractivity contribution is 7.99. The highest BCUT2D eigenvalue weighted by Gasteiger charge is 2.11. The second kappa shape index (κ2) is 5.46. The fourth-order valence-corrected chi connectivity index (χ4v) is 3.18. The van der Waals surface area contributed by atoms with E-state index in [1.54, 1.807) is 11.8 Å². The maximum absolute atomic E-state index is 9.29. The van der Waals surface area contributed by atoms with Gasteiger partial charge in [0.25, 0.3) is 0 Å². The Morgan fingerprint density at radius 1 is 1.05 bits per heavy atom. The van der Waals surface area contributed by atoms with Crippen LogP contribution in [0.2, 0.25) is 0 Å². The molecule has 0 aliphatic rings. The predicted octanol–water partition coefficient (Wildman–Crippen LogP) is 4.34. The van der Waals surface area contributed by atoms with Crippen LogP contribution >= 0.6 is 11.8 Å². The summed E-state index contributed by atoms with van der Waals surface area (Å²) in [6, 6.07) is 10.6. The molecule has 0 amide bonds. The smallest absolute Gasteiger partial charge is 0.102 e. The van der Waals surface area contributed by atoms with Gasteiger partial charge in [0.05, 0.1) is 11.3 Å². The molecular weight excluding hydrogens is 252 g/mol. The molecule has 19 heavy (non-hydrogen) atoms. The Hall–Kier alpha value is -1.79. The van der Waals surface area contributed by atoms with Crippen molar-refractivity contribution in [3.63, 3.8) is 0 Å². The van der Waals surface area contributed by atoms with E-state index in [0.29, 0.717) is 5.56 Å². The van der Waals surface area contributed by atoms with Gasteiger partial charge < -0.3 is 0 Å². The Kier molecular flexibility index (Phi) is 3.92. The van der Waals surface area contributed by atoms with Gasteiger partial charge in [-0.3, -0.25) is 4.98 Å². The molecule has 0 radical (unpaired) electrons. The molecule has 0 atom stereocenters. The summed E-state index contributed by atoms with van der Waals surface area (Å²) >= 11 is 1.65. The van der Waals surface area contributed by atoms with Gasteiger partial charge >= 0.3 is 0 Å². The minimum Gasteiger partial charge on any atom is -0.257 e. The number of hydrogen-bond donors (Lipinski definition) is 0. The number of hydrogen-bond acceptors (Lipinski definition) is 3. The van der Waals surface area contributed by atoms with Crippen LogP contribution in [0.4, 0.5) is 0 Å². The van der Waals surface area contributed by atoms with E-state index in [9.17, 15) is 5.26 Å². The van der Waals surface area contributed by atoms with Gasteiger partial charge in [0.2, 0.25) is 0 Å². The number of benzene rings is 1. The summed E-state index contributed by atoms with van der Waals surface area (Å²) in [6.45, 7) is 8.02. The number of pyridine rings is 1. The van der Waals surface area contributed by atoms with Crippen molar-refractivity contribution in [3.05, 3.63) is 52.3 Å². The van der Waals surface area contributed by atoms with Gasteiger partial charge in [0, 0.05) is 15.5 Å². The van der Waals surface area contributed by atoms with Gasteiger partial charge in [-0.2, -0.15) is 5.26 Å². The van der Waals surface area contributed by atoms with Crippen LogP contribution < -0.4 is 0 Å². The molecule has 0 saturated heterocycles. The second-order valence-electron chi connectivity index (χ2n) is 4.71. The lowest BCUT2D eigenvalue weighted by molar-refractivity contribution is 1.07. The van der Waals surface area contributed by atoms with Gasteiger partial charge in [0.15, 0.2) is 0 Å². The lowest BCUT2D eigenvalue weighted by atomic mass is 10.2. The van der Waals surface area contributed by atoms with Crippen molar-refractivity contribution < 1.29 is 0 Å². The molecule has 3 heteroatoms. The number of rotatable bonds is 2. The summed E-state index contributed by atoms with van der Waals surface area (Å²) < 4.78 is 0. The first-order valence-corrected chi connectivity index (χ1v) is 6.96. The number of aromatic nitrogens is 1. The van der Waals surface area contributed by atoms with Crippen LogP contribution in [0.5, 0.6) is 0 Å². The Labute approximate surface area is 118 Å². The Morgan fingerprint density at radius 3 is 2.47 bits per heavy atom. The monoisotopic (exact) mass is 268 g/mol. The molecule has 2 nitrogen and oxygen atoms in total. The molecule has 0 saturated carbocycles. The topological polar surface area (TPSA) is 36.7 Å². The Balaban J connectivity index is 2.49. The van der Waals surface area contributed by atoms with E-state index in [0.717, 1.165) is 16.3 Å². The third-order valence-electron chi connectivity index (χ3n) is 2.97. The molecule has 0 spiro atoms. The molecule has 0 aliphatic carbocycles. The first-order chi connectivity index (χ1) is 9.01. The van der Waals surface area contributed by atoms with Crippen molar-refractivity contribution in [2.45, 2.75) is 37.5 Å². The molecule has 1 aromatic heterocycles. The van der Waals surface area contributed by atoms with E-state index in [1.807, 2.05) is 19.9 Å². The molecular formula is C16H16N2S. The summed E-state index contributed by atoms with van der Waals surface area (Å²) in [5, 5.41) is 9.29. The van der Waals surface area contributed by atoms with Crippen LogP contribution in [-0.2, 0) is 0 Å². The highest BCUT2D eigenvalue weighted by Crippen LogP contribution is 2.34. The lowest BCUT2D eigenvalue weighted by Crippen LogP contribution is -1.94. The quantitative estimate of drug-likeness (QED) is 0.813. The summed E-state index contributed by atoms with van der Waals surface area (Å²) in [4.78, 5) is 6.53. The molecule has 1 heterocycles. The van der Waals surface area contributed by atoms with Gasteiger partial charge in [-0.1, -0.05) is 23.9 Å². The van der Waals surface area contributed by atoms with Crippen LogP contribution in [-0.4, -0.2) is 4.98 Å². The van der Waals surface area contributed by atoms with Crippen molar-refractivity contribution in [2.24, 2.45) is 0 Å². The lowest BCUT2D eigenvalue weighted by Gasteiger charge is -2.10. The second-order valence-corrected chi connectivity index (χ2v) is 5.79. The van der Waals surface area contributed by atoms with Crippen LogP contribution in [0.3, 0.4) is 0 Å². The normalized spacial score (nSPS) is 10.3. The molecule has 2 aromatic rings. The van der Waals surface area contributed by atoms with E-state index in [2.05, 4.69) is 43.1 Å². The van der Waals surface area contributed by atoms with E-state index in [4.69, 9.17) is 0 Å². The van der Waals surface area contributed by atoms with Crippen molar-refractivity contribution >= 4 is 11.8 Å². The first kappa shape index (κ1) is 13.6. The molecule has 0 unspecified atom stereocenters. The van der Waals surface area contributed by atoms with Gasteiger partial charge in [-0.15, -0.1) is 0 Å². The summed E-state index contributed by atoms with van der Waals surface area (Å²) in [7, 11) is 0. The predicted molar refractivity (Wildman–Crippen MR) is 78.5 cm³/mol. The molecule has 96 valence electrons. The van der Waals surface area contributed by atoms with E-state index < -0.39 is 0 Å². The molecule has 0 bridgehead atoms. The van der Waals surface area contributed by atoms with Gasteiger partial charge in [-0.25, -0.2) is 0 Å². The molecule has 0 fully saturated rings. The average molecular weight is 268 g/mol. The molecule has 1 aromatic carbocycles. The van der Waals surface area contributed by atoms with E-state index in [1.165, 1.54) is 16.0 Å². The van der Waals surface area contributed by atoms with E-state index in [-0.39, 0.29) is 0 Å². The molecule has 0 N–H and O–H groups in total. The standard InChI is InChI=1S/C16H16N2S/c1-10-5-6-11(2)15(7-10)19-16-8-12(3)18-13(4)14(16)9-17/h5-8H,1-4H3. The number of nitriles is 1. The highest BCUT2D eigenvalue weighted by atomic mass is 32.2. The summed E-state index contributed by atoms with van der Waals surface area (Å²) in [6.07, 6.45) is 0. The zero-order valence-electron chi connectivity index (χ0n) is 11.6. The third-order valence-corrected chi connectivity index (χ3v) is 4.17. The number of nitrogens with zero attached hydrogens (tertiary/aromatic N) is 2.